The molecule has 160 valence electrons. The monoisotopic (exact) mass is 416 g/mol. The fourth-order valence-electron chi connectivity index (χ4n) is 4.60. The van der Waals surface area contributed by atoms with Crippen molar-refractivity contribution in [2.24, 2.45) is 5.41 Å². The Morgan fingerprint density at radius 2 is 1.81 bits per heavy atom. The molecule has 1 aliphatic heterocycles. The normalized spacial score (nSPS) is 16.1. The van der Waals surface area contributed by atoms with Crippen molar-refractivity contribution in [1.82, 2.24) is 19.7 Å². The number of nitrogens with zero attached hydrogens (tertiary/aromatic N) is 4. The number of aromatic nitrogens is 4. The van der Waals surface area contributed by atoms with Crippen molar-refractivity contribution in [2.75, 3.05) is 13.2 Å². The van der Waals surface area contributed by atoms with Gasteiger partial charge in [0.2, 0.25) is 0 Å². The molecule has 0 aliphatic carbocycles. The number of hydrogen-bond donors (Lipinski definition) is 0. The molecule has 31 heavy (non-hydrogen) atoms. The molecule has 6 heteroatoms. The summed E-state index contributed by atoms with van der Waals surface area (Å²) in [4.78, 5) is 9.42. The number of fused-ring (bicyclic) bond motifs is 1. The number of aryl methyl sites for hydroxylation is 3. The summed E-state index contributed by atoms with van der Waals surface area (Å²) in [6.45, 7) is 10.9. The standard InChI is InChI=1S/C25H28N4O2/c1-16-5-6-19(12-26-16)21-14-29(15-25(4)7-9-30-10-8-25)22-11-20(13-27-24(21)22)23-17(2)28-31-18(23)3/h5-6,11-14H,7-10,15H2,1-4H3. The number of ether oxygens (including phenoxy) is 1. The van der Waals surface area contributed by atoms with Crippen LogP contribution in [0.15, 0.2) is 41.3 Å². The first kappa shape index (κ1) is 19.9. The molecular formula is C25H28N4O2. The van der Waals surface area contributed by atoms with Crippen LogP contribution in [-0.2, 0) is 11.3 Å². The lowest BCUT2D eigenvalue weighted by atomic mass is 9.82. The lowest BCUT2D eigenvalue weighted by Crippen LogP contribution is -2.30. The molecule has 1 aliphatic rings. The average molecular weight is 417 g/mol. The quantitative estimate of drug-likeness (QED) is 0.440. The summed E-state index contributed by atoms with van der Waals surface area (Å²) in [7, 11) is 0. The van der Waals surface area contributed by atoms with Gasteiger partial charge in [0.1, 0.15) is 5.76 Å². The molecule has 0 aromatic carbocycles. The van der Waals surface area contributed by atoms with Gasteiger partial charge in [0.05, 0.1) is 16.7 Å². The third kappa shape index (κ3) is 3.65. The summed E-state index contributed by atoms with van der Waals surface area (Å²) in [5, 5.41) is 4.13. The van der Waals surface area contributed by atoms with Crippen molar-refractivity contribution in [3.05, 3.63) is 53.9 Å². The van der Waals surface area contributed by atoms with E-state index in [2.05, 4.69) is 46.0 Å². The lowest BCUT2D eigenvalue weighted by molar-refractivity contribution is 0.0161. The van der Waals surface area contributed by atoms with Gasteiger partial charge in [-0.15, -0.1) is 0 Å². The molecule has 1 fully saturated rings. The van der Waals surface area contributed by atoms with Crippen LogP contribution in [0, 0.1) is 26.2 Å². The molecule has 4 aromatic heterocycles. The van der Waals surface area contributed by atoms with Crippen LogP contribution in [0.2, 0.25) is 0 Å². The predicted molar refractivity (Wildman–Crippen MR) is 121 cm³/mol. The van der Waals surface area contributed by atoms with Crippen molar-refractivity contribution in [3.8, 4) is 22.3 Å². The molecule has 0 radical (unpaired) electrons. The van der Waals surface area contributed by atoms with Crippen LogP contribution in [-0.4, -0.2) is 32.9 Å². The van der Waals surface area contributed by atoms with E-state index in [4.69, 9.17) is 14.2 Å². The molecule has 0 unspecified atom stereocenters. The zero-order valence-corrected chi connectivity index (χ0v) is 18.6. The van der Waals surface area contributed by atoms with Crippen LogP contribution in [0.3, 0.4) is 0 Å². The summed E-state index contributed by atoms with van der Waals surface area (Å²) in [6.07, 6.45) is 8.23. The van der Waals surface area contributed by atoms with Gasteiger partial charge in [0.15, 0.2) is 0 Å². The summed E-state index contributed by atoms with van der Waals surface area (Å²) < 4.78 is 13.4. The minimum Gasteiger partial charge on any atom is -0.381 e. The molecule has 5 heterocycles. The Kier molecular flexibility index (Phi) is 4.89. The summed E-state index contributed by atoms with van der Waals surface area (Å²) in [5.74, 6) is 0.816. The summed E-state index contributed by atoms with van der Waals surface area (Å²) >= 11 is 0. The molecule has 6 nitrogen and oxygen atoms in total. The molecule has 0 atom stereocenters. The van der Waals surface area contributed by atoms with Crippen molar-refractivity contribution >= 4 is 11.0 Å². The third-order valence-corrected chi connectivity index (χ3v) is 6.51. The minimum atomic E-state index is 0.200. The van der Waals surface area contributed by atoms with Crippen molar-refractivity contribution < 1.29 is 9.26 Å². The smallest absolute Gasteiger partial charge is 0.141 e. The number of pyridine rings is 2. The van der Waals surface area contributed by atoms with Crippen molar-refractivity contribution in [1.29, 1.82) is 0 Å². The van der Waals surface area contributed by atoms with Crippen LogP contribution < -0.4 is 0 Å². The zero-order valence-electron chi connectivity index (χ0n) is 18.6. The summed E-state index contributed by atoms with van der Waals surface area (Å²) in [6, 6.07) is 6.40. The van der Waals surface area contributed by atoms with Crippen molar-refractivity contribution in [2.45, 2.75) is 47.1 Å². The van der Waals surface area contributed by atoms with Crippen LogP contribution in [0.4, 0.5) is 0 Å². The second-order valence-corrected chi connectivity index (χ2v) is 9.07. The number of hydrogen-bond acceptors (Lipinski definition) is 5. The highest BCUT2D eigenvalue weighted by atomic mass is 16.5. The van der Waals surface area contributed by atoms with Gasteiger partial charge in [-0.2, -0.15) is 0 Å². The van der Waals surface area contributed by atoms with E-state index >= 15 is 0 Å². The fourth-order valence-corrected chi connectivity index (χ4v) is 4.60. The van der Waals surface area contributed by atoms with Crippen molar-refractivity contribution in [3.63, 3.8) is 0 Å². The van der Waals surface area contributed by atoms with Gasteiger partial charge in [0, 0.05) is 66.3 Å². The lowest BCUT2D eigenvalue weighted by Gasteiger charge is -2.34. The molecule has 4 aromatic rings. The first-order valence-corrected chi connectivity index (χ1v) is 10.9. The molecular weight excluding hydrogens is 388 g/mol. The van der Waals surface area contributed by atoms with E-state index in [0.717, 1.165) is 83.0 Å². The van der Waals surface area contributed by atoms with Crippen LogP contribution >= 0.6 is 0 Å². The molecule has 0 saturated carbocycles. The first-order valence-electron chi connectivity index (χ1n) is 10.9. The van der Waals surface area contributed by atoms with Gasteiger partial charge in [0.25, 0.3) is 0 Å². The van der Waals surface area contributed by atoms with E-state index in [1.165, 1.54) is 0 Å². The van der Waals surface area contributed by atoms with Gasteiger partial charge < -0.3 is 13.8 Å². The molecule has 0 amide bonds. The van der Waals surface area contributed by atoms with E-state index in [0.29, 0.717) is 0 Å². The van der Waals surface area contributed by atoms with Crippen LogP contribution in [0.1, 0.15) is 36.9 Å². The molecule has 0 N–H and O–H groups in total. The maximum atomic E-state index is 5.62. The maximum absolute atomic E-state index is 5.62. The highest BCUT2D eigenvalue weighted by molar-refractivity contribution is 5.94. The Balaban J connectivity index is 1.67. The van der Waals surface area contributed by atoms with E-state index in [1.807, 2.05) is 33.2 Å². The minimum absolute atomic E-state index is 0.200. The largest absolute Gasteiger partial charge is 0.381 e. The zero-order chi connectivity index (χ0) is 21.6. The van der Waals surface area contributed by atoms with Gasteiger partial charge in [-0.1, -0.05) is 18.1 Å². The van der Waals surface area contributed by atoms with Crippen LogP contribution in [0.5, 0.6) is 0 Å². The second-order valence-electron chi connectivity index (χ2n) is 9.07. The highest BCUT2D eigenvalue weighted by Crippen LogP contribution is 2.37. The Labute approximate surface area is 182 Å². The summed E-state index contributed by atoms with van der Waals surface area (Å²) in [5.41, 5.74) is 8.48. The number of rotatable bonds is 4. The van der Waals surface area contributed by atoms with E-state index in [1.54, 1.807) is 0 Å². The Morgan fingerprint density at radius 3 is 2.48 bits per heavy atom. The Bertz CT molecular complexity index is 1210. The van der Waals surface area contributed by atoms with Gasteiger partial charge in [-0.3, -0.25) is 9.97 Å². The molecule has 0 bridgehead atoms. The van der Waals surface area contributed by atoms with Gasteiger partial charge >= 0.3 is 0 Å². The van der Waals surface area contributed by atoms with E-state index < -0.39 is 0 Å². The SMILES string of the molecule is Cc1ccc(-c2cn(CC3(C)CCOCC3)c3cc(-c4c(C)noc4C)cnc23)cn1. The topological polar surface area (TPSA) is 66.0 Å². The van der Waals surface area contributed by atoms with Gasteiger partial charge in [-0.05, 0) is 51.2 Å². The second kappa shape index (κ2) is 7.61. The first-order chi connectivity index (χ1) is 14.9. The predicted octanol–water partition coefficient (Wildman–Crippen LogP) is 5.50. The highest BCUT2D eigenvalue weighted by Gasteiger charge is 2.29. The van der Waals surface area contributed by atoms with E-state index in [9.17, 15) is 0 Å². The fraction of sp³-hybridized carbons (Fsp3) is 0.400. The maximum Gasteiger partial charge on any atom is 0.141 e. The van der Waals surface area contributed by atoms with Gasteiger partial charge in [-0.25, -0.2) is 0 Å². The Morgan fingerprint density at radius 1 is 1.03 bits per heavy atom. The molecule has 0 spiro atoms. The van der Waals surface area contributed by atoms with Crippen LogP contribution in [0.25, 0.3) is 33.3 Å². The van der Waals surface area contributed by atoms with E-state index in [-0.39, 0.29) is 5.41 Å². The Hall–Kier alpha value is -2.99. The third-order valence-electron chi connectivity index (χ3n) is 6.51. The average Bonchev–Trinajstić information content (AvgIpc) is 3.28. The molecule has 5 rings (SSSR count). The molecule has 1 saturated heterocycles.